The van der Waals surface area contributed by atoms with Gasteiger partial charge in [-0.2, -0.15) is 0 Å². The molecule has 0 aliphatic rings. The lowest BCUT2D eigenvalue weighted by molar-refractivity contribution is -0.176. The van der Waals surface area contributed by atoms with E-state index in [1.165, 1.54) is 0 Å². The van der Waals surface area contributed by atoms with Gasteiger partial charge in [-0.25, -0.2) is 0 Å². The molecule has 0 aliphatic carbocycles. The van der Waals surface area contributed by atoms with Crippen LogP contribution in [0.1, 0.15) is 15.9 Å². The summed E-state index contributed by atoms with van der Waals surface area (Å²) in [5.74, 6) is 0.0319. The third-order valence-corrected chi connectivity index (χ3v) is 2.29. The van der Waals surface area contributed by atoms with Crippen molar-refractivity contribution in [1.82, 2.24) is 0 Å². The van der Waals surface area contributed by atoms with Crippen molar-refractivity contribution in [3.05, 3.63) is 77.9 Å². The molecule has 2 aromatic carbocycles. The zero-order valence-corrected chi connectivity index (χ0v) is 9.73. The average molecular weight is 242 g/mol. The average Bonchev–Trinajstić information content (AvgIpc) is 2.49. The van der Waals surface area contributed by atoms with E-state index in [0.29, 0.717) is 0 Å². The van der Waals surface area contributed by atoms with Crippen LogP contribution in [0.2, 0.25) is 0 Å². The quantitative estimate of drug-likeness (QED) is 0.374. The molecule has 0 atom stereocenters. The first kappa shape index (κ1) is 13.8. The number of hydrogen-bond donors (Lipinski definition) is 2. The van der Waals surface area contributed by atoms with Gasteiger partial charge in [0.1, 0.15) is 0 Å². The normalized spacial score (nSPS) is 9.67. The van der Waals surface area contributed by atoms with E-state index in [2.05, 4.69) is 0 Å². The van der Waals surface area contributed by atoms with Crippen molar-refractivity contribution in [1.29, 1.82) is 0 Å². The summed E-state index contributed by atoms with van der Waals surface area (Å²) in [7, 11) is 0. The highest BCUT2D eigenvalue weighted by Gasteiger charge is 1.98. The van der Waals surface area contributed by atoms with Crippen LogP contribution in [-0.2, 0) is 0 Å². The van der Waals surface area contributed by atoms with Crippen molar-refractivity contribution in [2.24, 2.45) is 0 Å². The van der Waals surface area contributed by atoms with Crippen LogP contribution >= 0.6 is 0 Å². The summed E-state index contributed by atoms with van der Waals surface area (Å²) in [5.41, 5.74) is 1.75. The number of allylic oxidation sites excluding steroid dienone is 1. The van der Waals surface area contributed by atoms with E-state index in [1.807, 2.05) is 66.7 Å². The Morgan fingerprint density at radius 1 is 0.833 bits per heavy atom. The number of carbonyl (C=O) groups is 1. The monoisotopic (exact) mass is 242 g/mol. The topological polar surface area (TPSA) is 57.5 Å². The van der Waals surface area contributed by atoms with E-state index in [1.54, 1.807) is 6.08 Å². The number of benzene rings is 2. The molecule has 0 saturated carbocycles. The maximum atomic E-state index is 11.7. The molecule has 0 saturated heterocycles. The molecule has 92 valence electrons. The molecular formula is C15H14O3. The van der Waals surface area contributed by atoms with E-state index in [0.717, 1.165) is 11.1 Å². The lowest BCUT2D eigenvalue weighted by Crippen LogP contribution is -1.92. The third-order valence-electron chi connectivity index (χ3n) is 2.29. The van der Waals surface area contributed by atoms with Gasteiger partial charge in [0.25, 0.3) is 0 Å². The third kappa shape index (κ3) is 4.33. The second kappa shape index (κ2) is 7.95. The predicted octanol–water partition coefficient (Wildman–Crippen LogP) is 3.60. The second-order valence-corrected chi connectivity index (χ2v) is 3.47. The molecule has 0 aliphatic heterocycles. The second-order valence-electron chi connectivity index (χ2n) is 3.47. The zero-order chi connectivity index (χ0) is 13.2. The molecule has 18 heavy (non-hydrogen) atoms. The first-order valence-electron chi connectivity index (χ1n) is 5.39. The molecule has 2 aromatic rings. The molecule has 0 amide bonds. The summed E-state index contributed by atoms with van der Waals surface area (Å²) in [6.07, 6.45) is 3.43. The standard InChI is InChI=1S/C15H12O.H2O2/c16-15(14-9-5-2-6-10-14)12-11-13-7-3-1-4-8-13;1-2/h1-12H;1-2H/b12-11+;. The number of rotatable bonds is 3. The van der Waals surface area contributed by atoms with Crippen LogP contribution in [0.25, 0.3) is 6.08 Å². The summed E-state index contributed by atoms with van der Waals surface area (Å²) in [5, 5.41) is 12.0. The molecule has 0 radical (unpaired) electrons. The van der Waals surface area contributed by atoms with E-state index in [9.17, 15) is 4.79 Å². The van der Waals surface area contributed by atoms with E-state index < -0.39 is 0 Å². The molecule has 3 nitrogen and oxygen atoms in total. The van der Waals surface area contributed by atoms with Gasteiger partial charge in [-0.3, -0.25) is 15.3 Å². The van der Waals surface area contributed by atoms with Crippen LogP contribution in [0.15, 0.2) is 66.7 Å². The highest BCUT2D eigenvalue weighted by Crippen LogP contribution is 2.05. The molecule has 3 heteroatoms. The Labute approximate surface area is 106 Å². The summed E-state index contributed by atoms with van der Waals surface area (Å²) >= 11 is 0. The number of ketones is 1. The molecule has 2 rings (SSSR count). The van der Waals surface area contributed by atoms with Crippen LogP contribution in [0.4, 0.5) is 0 Å². The van der Waals surface area contributed by atoms with Crippen LogP contribution in [-0.4, -0.2) is 16.3 Å². The van der Waals surface area contributed by atoms with Crippen molar-refractivity contribution in [3.63, 3.8) is 0 Å². The lowest BCUT2D eigenvalue weighted by Gasteiger charge is -1.94. The van der Waals surface area contributed by atoms with Crippen molar-refractivity contribution < 1.29 is 15.3 Å². The molecule has 0 bridgehead atoms. The Balaban J connectivity index is 0.000000771. The number of carbonyl (C=O) groups excluding carboxylic acids is 1. The van der Waals surface area contributed by atoms with Gasteiger partial charge in [0.05, 0.1) is 0 Å². The first-order chi connectivity index (χ1) is 8.86. The first-order valence-corrected chi connectivity index (χ1v) is 5.39. The largest absolute Gasteiger partial charge is 0.289 e. The van der Waals surface area contributed by atoms with Crippen molar-refractivity contribution in [3.8, 4) is 0 Å². The molecule has 2 N–H and O–H groups in total. The van der Waals surface area contributed by atoms with Gasteiger partial charge in [0.15, 0.2) is 5.78 Å². The Bertz CT molecular complexity index is 490. The van der Waals surface area contributed by atoms with Gasteiger partial charge in [-0.05, 0) is 11.6 Å². The zero-order valence-electron chi connectivity index (χ0n) is 9.73. The lowest BCUT2D eigenvalue weighted by atomic mass is 10.1. The molecule has 0 aromatic heterocycles. The fraction of sp³-hybridized carbons (Fsp3) is 0. The van der Waals surface area contributed by atoms with E-state index >= 15 is 0 Å². The fourth-order valence-corrected chi connectivity index (χ4v) is 1.43. The van der Waals surface area contributed by atoms with Crippen molar-refractivity contribution >= 4 is 11.9 Å². The van der Waals surface area contributed by atoms with Crippen LogP contribution in [0, 0.1) is 0 Å². The summed E-state index contributed by atoms with van der Waals surface area (Å²) < 4.78 is 0. The molecule has 0 heterocycles. The highest BCUT2D eigenvalue weighted by molar-refractivity contribution is 6.06. The minimum Gasteiger partial charge on any atom is -0.289 e. The van der Waals surface area contributed by atoms with E-state index in [4.69, 9.17) is 10.5 Å². The number of hydrogen-bond acceptors (Lipinski definition) is 3. The minimum absolute atomic E-state index is 0.0319. The van der Waals surface area contributed by atoms with Crippen molar-refractivity contribution in [2.45, 2.75) is 0 Å². The molecule has 0 unspecified atom stereocenters. The van der Waals surface area contributed by atoms with Crippen LogP contribution in [0.3, 0.4) is 0 Å². The molecule has 0 fully saturated rings. The van der Waals surface area contributed by atoms with Gasteiger partial charge in [-0.1, -0.05) is 66.7 Å². The summed E-state index contributed by atoms with van der Waals surface area (Å²) in [6.45, 7) is 0. The van der Waals surface area contributed by atoms with Crippen LogP contribution in [0.5, 0.6) is 0 Å². The smallest absolute Gasteiger partial charge is 0.185 e. The maximum absolute atomic E-state index is 11.7. The minimum atomic E-state index is 0.0319. The van der Waals surface area contributed by atoms with Crippen molar-refractivity contribution in [2.75, 3.05) is 0 Å². The highest BCUT2D eigenvalue weighted by atomic mass is 17.0. The van der Waals surface area contributed by atoms with Gasteiger partial charge < -0.3 is 0 Å². The van der Waals surface area contributed by atoms with Gasteiger partial charge in [-0.15, -0.1) is 0 Å². The van der Waals surface area contributed by atoms with Crippen LogP contribution < -0.4 is 0 Å². The maximum Gasteiger partial charge on any atom is 0.185 e. The Morgan fingerprint density at radius 2 is 1.33 bits per heavy atom. The predicted molar refractivity (Wildman–Crippen MR) is 71.5 cm³/mol. The Hall–Kier alpha value is -2.23. The summed E-state index contributed by atoms with van der Waals surface area (Å²) in [6, 6.07) is 19.1. The Morgan fingerprint density at radius 3 is 1.89 bits per heavy atom. The Kier molecular flexibility index (Phi) is 6.11. The molecular weight excluding hydrogens is 228 g/mol. The van der Waals surface area contributed by atoms with Gasteiger partial charge in [0.2, 0.25) is 0 Å². The van der Waals surface area contributed by atoms with Gasteiger partial charge >= 0.3 is 0 Å². The van der Waals surface area contributed by atoms with E-state index in [-0.39, 0.29) is 5.78 Å². The fourth-order valence-electron chi connectivity index (χ4n) is 1.43. The SMILES string of the molecule is O=C(/C=C/c1ccccc1)c1ccccc1.OO. The van der Waals surface area contributed by atoms with Gasteiger partial charge in [0, 0.05) is 5.56 Å². The molecule has 0 spiro atoms. The summed E-state index contributed by atoms with van der Waals surface area (Å²) in [4.78, 5) is 11.7.